The summed E-state index contributed by atoms with van der Waals surface area (Å²) >= 11 is 0. The number of hydrogen-bond acceptors (Lipinski definition) is 6. The van der Waals surface area contributed by atoms with Crippen molar-refractivity contribution in [2.75, 3.05) is 7.11 Å². The number of carbonyl (C=O) groups is 1. The lowest BCUT2D eigenvalue weighted by molar-refractivity contribution is 0.101. The Morgan fingerprint density at radius 3 is 2.73 bits per heavy atom. The van der Waals surface area contributed by atoms with E-state index in [-0.39, 0.29) is 12.4 Å². The summed E-state index contributed by atoms with van der Waals surface area (Å²) in [6.07, 6.45) is 0.764. The minimum Gasteiger partial charge on any atom is -0.493 e. The normalized spacial score (nSPS) is 10.8. The molecule has 118 valence electrons. The van der Waals surface area contributed by atoms with Crippen molar-refractivity contribution in [3.05, 3.63) is 35.5 Å². The average Bonchev–Trinajstić information content (AvgIpc) is 2.91. The molecule has 0 radical (unpaired) electrons. The monoisotopic (exact) mass is 304 g/mol. The van der Waals surface area contributed by atoms with Crippen LogP contribution in [0.1, 0.15) is 42.8 Å². The summed E-state index contributed by atoms with van der Waals surface area (Å²) in [5.74, 6) is 2.54. The highest BCUT2D eigenvalue weighted by Crippen LogP contribution is 2.28. The molecule has 1 heterocycles. The summed E-state index contributed by atoms with van der Waals surface area (Å²) in [5, 5.41) is 3.91. The van der Waals surface area contributed by atoms with Crippen molar-refractivity contribution < 1.29 is 18.8 Å². The molecule has 22 heavy (non-hydrogen) atoms. The first-order valence-corrected chi connectivity index (χ1v) is 7.12. The molecule has 1 aromatic heterocycles. The first-order valence-electron chi connectivity index (χ1n) is 7.12. The van der Waals surface area contributed by atoms with Crippen LogP contribution in [0, 0.1) is 5.92 Å². The lowest BCUT2D eigenvalue weighted by Gasteiger charge is -2.09. The van der Waals surface area contributed by atoms with Crippen molar-refractivity contribution in [3.8, 4) is 11.5 Å². The van der Waals surface area contributed by atoms with Crippen molar-refractivity contribution in [2.45, 2.75) is 33.8 Å². The molecule has 0 fully saturated rings. The second-order valence-electron chi connectivity index (χ2n) is 5.41. The topological polar surface area (TPSA) is 74.5 Å². The number of carbonyl (C=O) groups excluding carboxylic acids is 1. The number of hydrogen-bond donors (Lipinski definition) is 0. The Balaban J connectivity index is 2.04. The summed E-state index contributed by atoms with van der Waals surface area (Å²) in [6.45, 7) is 5.84. The van der Waals surface area contributed by atoms with Crippen LogP contribution in [0.25, 0.3) is 0 Å². The second-order valence-corrected chi connectivity index (χ2v) is 5.41. The maximum atomic E-state index is 11.4. The summed E-state index contributed by atoms with van der Waals surface area (Å²) in [4.78, 5) is 15.6. The van der Waals surface area contributed by atoms with Crippen molar-refractivity contribution in [1.29, 1.82) is 0 Å². The van der Waals surface area contributed by atoms with Gasteiger partial charge in [-0.3, -0.25) is 4.79 Å². The number of benzene rings is 1. The van der Waals surface area contributed by atoms with Crippen LogP contribution in [0.2, 0.25) is 0 Å². The Bertz CT molecular complexity index is 649. The van der Waals surface area contributed by atoms with Gasteiger partial charge in [0, 0.05) is 12.0 Å². The van der Waals surface area contributed by atoms with Gasteiger partial charge in [0.25, 0.3) is 5.89 Å². The fourth-order valence-corrected chi connectivity index (χ4v) is 1.94. The van der Waals surface area contributed by atoms with Gasteiger partial charge in [-0.2, -0.15) is 4.98 Å². The Hall–Kier alpha value is -2.37. The van der Waals surface area contributed by atoms with Crippen LogP contribution in [0.3, 0.4) is 0 Å². The molecule has 2 aromatic rings. The molecule has 1 aromatic carbocycles. The van der Waals surface area contributed by atoms with E-state index in [0.29, 0.717) is 34.7 Å². The van der Waals surface area contributed by atoms with Crippen LogP contribution in [0.15, 0.2) is 22.7 Å². The standard InChI is InChI=1S/C16H20N2O4/c1-10(2)7-15-17-16(22-18-15)9-21-13-6-5-12(11(3)19)8-14(13)20-4/h5-6,8,10H,7,9H2,1-4H3. The Morgan fingerprint density at radius 1 is 1.32 bits per heavy atom. The van der Waals surface area contributed by atoms with Gasteiger partial charge in [-0.25, -0.2) is 0 Å². The molecule has 0 amide bonds. The van der Waals surface area contributed by atoms with E-state index in [1.807, 2.05) is 0 Å². The van der Waals surface area contributed by atoms with Crippen molar-refractivity contribution >= 4 is 5.78 Å². The molecule has 2 rings (SSSR count). The number of ketones is 1. The van der Waals surface area contributed by atoms with Crippen molar-refractivity contribution in [2.24, 2.45) is 5.92 Å². The molecule has 6 nitrogen and oxygen atoms in total. The highest BCUT2D eigenvalue weighted by molar-refractivity contribution is 5.94. The zero-order valence-corrected chi connectivity index (χ0v) is 13.3. The van der Waals surface area contributed by atoms with Gasteiger partial charge in [0.15, 0.2) is 29.7 Å². The molecular weight excluding hydrogens is 284 g/mol. The van der Waals surface area contributed by atoms with Gasteiger partial charge in [0.2, 0.25) is 0 Å². The van der Waals surface area contributed by atoms with E-state index in [2.05, 4.69) is 24.0 Å². The molecule has 0 aliphatic rings. The fraction of sp³-hybridized carbons (Fsp3) is 0.438. The summed E-state index contributed by atoms with van der Waals surface area (Å²) in [7, 11) is 1.53. The van der Waals surface area contributed by atoms with Gasteiger partial charge in [-0.1, -0.05) is 19.0 Å². The number of Topliss-reactive ketones (excluding diaryl/α,β-unsaturated/α-hetero) is 1. The van der Waals surface area contributed by atoms with Crippen molar-refractivity contribution in [1.82, 2.24) is 10.1 Å². The third kappa shape index (κ3) is 4.07. The molecule has 0 aliphatic heterocycles. The Kier molecular flexibility index (Phi) is 5.14. The average molecular weight is 304 g/mol. The van der Waals surface area contributed by atoms with Crippen LogP contribution >= 0.6 is 0 Å². The predicted octanol–water partition coefficient (Wildman–Crippen LogP) is 3.06. The molecule has 0 saturated carbocycles. The number of ether oxygens (including phenoxy) is 2. The molecule has 6 heteroatoms. The van der Waals surface area contributed by atoms with E-state index in [1.165, 1.54) is 14.0 Å². The predicted molar refractivity (Wildman–Crippen MR) is 80.2 cm³/mol. The first kappa shape index (κ1) is 16.0. The van der Waals surface area contributed by atoms with Gasteiger partial charge in [-0.15, -0.1) is 0 Å². The van der Waals surface area contributed by atoms with E-state index >= 15 is 0 Å². The lowest BCUT2D eigenvalue weighted by Crippen LogP contribution is -2.01. The zero-order chi connectivity index (χ0) is 16.1. The minimum absolute atomic E-state index is 0.0277. The highest BCUT2D eigenvalue weighted by Gasteiger charge is 2.12. The van der Waals surface area contributed by atoms with Crippen molar-refractivity contribution in [3.63, 3.8) is 0 Å². The van der Waals surface area contributed by atoms with Gasteiger partial charge in [0.1, 0.15) is 0 Å². The Labute approximate surface area is 129 Å². The molecule has 0 atom stereocenters. The van der Waals surface area contributed by atoms with E-state index in [4.69, 9.17) is 14.0 Å². The van der Waals surface area contributed by atoms with Crippen LogP contribution in [0.4, 0.5) is 0 Å². The quantitative estimate of drug-likeness (QED) is 0.732. The first-order chi connectivity index (χ1) is 10.5. The van der Waals surface area contributed by atoms with Gasteiger partial charge in [-0.05, 0) is 31.0 Å². The second kappa shape index (κ2) is 7.06. The maximum Gasteiger partial charge on any atom is 0.264 e. The Morgan fingerprint density at radius 2 is 2.09 bits per heavy atom. The third-order valence-electron chi connectivity index (χ3n) is 3.02. The highest BCUT2D eigenvalue weighted by atomic mass is 16.5. The minimum atomic E-state index is -0.0277. The SMILES string of the molecule is COc1cc(C(C)=O)ccc1OCc1nc(CC(C)C)no1. The van der Waals surface area contributed by atoms with E-state index in [1.54, 1.807) is 18.2 Å². The summed E-state index contributed by atoms with van der Waals surface area (Å²) < 4.78 is 16.0. The maximum absolute atomic E-state index is 11.4. The number of aromatic nitrogens is 2. The van der Waals surface area contributed by atoms with Gasteiger partial charge >= 0.3 is 0 Å². The number of nitrogens with zero attached hydrogens (tertiary/aromatic N) is 2. The van der Waals surface area contributed by atoms with Gasteiger partial charge in [0.05, 0.1) is 7.11 Å². The molecule has 0 spiro atoms. The molecule has 0 saturated heterocycles. The van der Waals surface area contributed by atoms with E-state index in [0.717, 1.165) is 6.42 Å². The van der Waals surface area contributed by atoms with Crippen LogP contribution < -0.4 is 9.47 Å². The fourth-order valence-electron chi connectivity index (χ4n) is 1.94. The molecule has 0 unspecified atom stereocenters. The van der Waals surface area contributed by atoms with Crippen LogP contribution in [0.5, 0.6) is 11.5 Å². The number of rotatable bonds is 7. The van der Waals surface area contributed by atoms with Gasteiger partial charge < -0.3 is 14.0 Å². The molecule has 0 N–H and O–H groups in total. The molecule has 0 aliphatic carbocycles. The molecule has 0 bridgehead atoms. The summed E-state index contributed by atoms with van der Waals surface area (Å²) in [5.41, 5.74) is 0.571. The van der Waals surface area contributed by atoms with E-state index < -0.39 is 0 Å². The number of methoxy groups -OCH3 is 1. The van der Waals surface area contributed by atoms with E-state index in [9.17, 15) is 4.79 Å². The summed E-state index contributed by atoms with van der Waals surface area (Å²) in [6, 6.07) is 5.04. The smallest absolute Gasteiger partial charge is 0.264 e. The zero-order valence-electron chi connectivity index (χ0n) is 13.3. The largest absolute Gasteiger partial charge is 0.493 e. The van der Waals surface area contributed by atoms with Crippen LogP contribution in [-0.4, -0.2) is 23.0 Å². The lowest BCUT2D eigenvalue weighted by atomic mass is 10.1. The third-order valence-corrected chi connectivity index (χ3v) is 3.02. The van der Waals surface area contributed by atoms with Crippen LogP contribution in [-0.2, 0) is 13.0 Å². The molecular formula is C16H20N2O4.